The van der Waals surface area contributed by atoms with Gasteiger partial charge in [0.1, 0.15) is 11.9 Å². The molecule has 2 aromatic carbocycles. The van der Waals surface area contributed by atoms with Crippen molar-refractivity contribution < 1.29 is 9.18 Å². The van der Waals surface area contributed by atoms with Crippen LogP contribution >= 0.6 is 0 Å². The number of nitrogens with one attached hydrogen (secondary N) is 1. The summed E-state index contributed by atoms with van der Waals surface area (Å²) < 4.78 is 15.4. The number of benzene rings is 2. The van der Waals surface area contributed by atoms with E-state index in [-0.39, 0.29) is 23.8 Å². The van der Waals surface area contributed by atoms with Crippen LogP contribution in [0.2, 0.25) is 0 Å². The molecule has 1 aliphatic rings. The lowest BCUT2D eigenvalue weighted by Crippen LogP contribution is -2.33. The Balaban J connectivity index is 1.56. The van der Waals surface area contributed by atoms with Crippen molar-refractivity contribution in [1.29, 1.82) is 0 Å². The molecule has 0 spiro atoms. The summed E-state index contributed by atoms with van der Waals surface area (Å²) in [5.41, 5.74) is 3.80. The Morgan fingerprint density at radius 3 is 3.04 bits per heavy atom. The maximum Gasteiger partial charge on any atom is 0.243 e. The molecule has 1 aliphatic carbocycles. The second-order valence-corrected chi connectivity index (χ2v) is 6.26. The molecule has 0 bridgehead atoms. The van der Waals surface area contributed by atoms with Crippen molar-refractivity contribution in [2.45, 2.75) is 31.8 Å². The quantitative estimate of drug-likeness (QED) is 0.801. The van der Waals surface area contributed by atoms with Crippen LogP contribution in [0.3, 0.4) is 0 Å². The fourth-order valence-corrected chi connectivity index (χ4v) is 3.43. The number of hydrogen-bond acceptors (Lipinski definition) is 2. The van der Waals surface area contributed by atoms with Crippen molar-refractivity contribution in [1.82, 2.24) is 14.9 Å². The summed E-state index contributed by atoms with van der Waals surface area (Å²) in [7, 11) is 0. The van der Waals surface area contributed by atoms with Gasteiger partial charge >= 0.3 is 0 Å². The van der Waals surface area contributed by atoms with Crippen LogP contribution in [-0.2, 0) is 11.2 Å². The summed E-state index contributed by atoms with van der Waals surface area (Å²) >= 11 is 0. The number of hydrogen-bond donors (Lipinski definition) is 1. The van der Waals surface area contributed by atoms with Crippen LogP contribution in [0.1, 0.15) is 36.6 Å². The highest BCUT2D eigenvalue weighted by molar-refractivity contribution is 5.84. The van der Waals surface area contributed by atoms with Gasteiger partial charge in [0.2, 0.25) is 5.91 Å². The van der Waals surface area contributed by atoms with Gasteiger partial charge in [-0.05, 0) is 55.2 Å². The Labute approximate surface area is 139 Å². The predicted octanol–water partition coefficient (Wildman–Crippen LogP) is 3.54. The van der Waals surface area contributed by atoms with Gasteiger partial charge in [0.15, 0.2) is 0 Å². The van der Waals surface area contributed by atoms with Crippen molar-refractivity contribution in [3.63, 3.8) is 0 Å². The van der Waals surface area contributed by atoms with Crippen LogP contribution in [0.5, 0.6) is 0 Å². The molecule has 1 aromatic heterocycles. The van der Waals surface area contributed by atoms with E-state index in [1.54, 1.807) is 6.33 Å². The summed E-state index contributed by atoms with van der Waals surface area (Å²) in [4.78, 5) is 17.0. The van der Waals surface area contributed by atoms with Crippen molar-refractivity contribution in [2.75, 3.05) is 0 Å². The first-order valence-corrected chi connectivity index (χ1v) is 8.14. The van der Waals surface area contributed by atoms with Gasteiger partial charge in [0, 0.05) is 0 Å². The molecular weight excluding hydrogens is 305 g/mol. The molecule has 1 heterocycles. The van der Waals surface area contributed by atoms with Gasteiger partial charge in [-0.15, -0.1) is 0 Å². The molecule has 122 valence electrons. The van der Waals surface area contributed by atoms with Gasteiger partial charge in [-0.1, -0.05) is 18.2 Å². The average Bonchev–Trinajstić information content (AvgIpc) is 3.18. The van der Waals surface area contributed by atoms with Gasteiger partial charge < -0.3 is 9.88 Å². The third-order valence-corrected chi connectivity index (χ3v) is 4.78. The smallest absolute Gasteiger partial charge is 0.243 e. The van der Waals surface area contributed by atoms with Crippen molar-refractivity contribution in [3.8, 4) is 0 Å². The first-order chi connectivity index (χ1) is 11.6. The topological polar surface area (TPSA) is 46.9 Å². The number of aryl methyl sites for hydroxylation is 1. The Morgan fingerprint density at radius 2 is 2.17 bits per heavy atom. The maximum absolute atomic E-state index is 13.5. The van der Waals surface area contributed by atoms with Crippen LogP contribution in [0, 0.1) is 5.82 Å². The van der Waals surface area contributed by atoms with Crippen LogP contribution in [0.25, 0.3) is 11.0 Å². The number of fused-ring (bicyclic) bond motifs is 2. The van der Waals surface area contributed by atoms with Gasteiger partial charge in [-0.2, -0.15) is 0 Å². The van der Waals surface area contributed by atoms with Crippen LogP contribution in [-0.4, -0.2) is 15.5 Å². The van der Waals surface area contributed by atoms with E-state index in [2.05, 4.69) is 10.3 Å². The van der Waals surface area contributed by atoms with E-state index >= 15 is 0 Å². The van der Waals surface area contributed by atoms with E-state index < -0.39 is 0 Å². The SMILES string of the molecule is CC(C(=O)NC1CCc2ccc(F)cc21)n1cnc2ccccc21. The van der Waals surface area contributed by atoms with Gasteiger partial charge in [-0.3, -0.25) is 4.79 Å². The number of rotatable bonds is 3. The lowest BCUT2D eigenvalue weighted by molar-refractivity contribution is -0.124. The van der Waals surface area contributed by atoms with E-state index in [1.807, 2.05) is 41.8 Å². The largest absolute Gasteiger partial charge is 0.347 e. The first-order valence-electron chi connectivity index (χ1n) is 8.14. The van der Waals surface area contributed by atoms with E-state index in [0.717, 1.165) is 35.0 Å². The Morgan fingerprint density at radius 1 is 1.33 bits per heavy atom. The van der Waals surface area contributed by atoms with Crippen LogP contribution in [0.15, 0.2) is 48.8 Å². The minimum absolute atomic E-state index is 0.0831. The highest BCUT2D eigenvalue weighted by atomic mass is 19.1. The standard InChI is InChI=1S/C19H18FN3O/c1-12(23-11-21-17-4-2-3-5-18(17)23)19(24)22-16-9-7-13-6-8-14(20)10-15(13)16/h2-6,8,10-12,16H,7,9H2,1H3,(H,22,24). The summed E-state index contributed by atoms with van der Waals surface area (Å²) in [5, 5.41) is 3.06. The Hall–Kier alpha value is -2.69. The summed E-state index contributed by atoms with van der Waals surface area (Å²) in [6, 6.07) is 12.0. The molecule has 5 heteroatoms. The molecule has 2 atom stereocenters. The predicted molar refractivity (Wildman–Crippen MR) is 90.0 cm³/mol. The number of para-hydroxylation sites is 2. The molecule has 4 rings (SSSR count). The number of nitrogens with zero attached hydrogens (tertiary/aromatic N) is 2. The maximum atomic E-state index is 13.5. The number of imidazole rings is 1. The van der Waals surface area contributed by atoms with Crippen LogP contribution in [0.4, 0.5) is 4.39 Å². The van der Waals surface area contributed by atoms with Crippen LogP contribution < -0.4 is 5.32 Å². The molecule has 4 nitrogen and oxygen atoms in total. The molecule has 0 radical (unpaired) electrons. The molecule has 0 saturated heterocycles. The molecule has 2 unspecified atom stereocenters. The number of carbonyl (C=O) groups excluding carboxylic acids is 1. The zero-order chi connectivity index (χ0) is 16.7. The highest BCUT2D eigenvalue weighted by Gasteiger charge is 2.27. The van der Waals surface area contributed by atoms with E-state index in [9.17, 15) is 9.18 Å². The second-order valence-electron chi connectivity index (χ2n) is 6.26. The molecule has 1 N–H and O–H groups in total. The number of carbonyl (C=O) groups is 1. The zero-order valence-corrected chi connectivity index (χ0v) is 13.4. The third-order valence-electron chi connectivity index (χ3n) is 4.78. The first kappa shape index (κ1) is 14.9. The zero-order valence-electron chi connectivity index (χ0n) is 13.4. The normalized spacial score (nSPS) is 17.7. The van der Waals surface area contributed by atoms with E-state index in [0.29, 0.717) is 0 Å². The minimum atomic E-state index is -0.380. The lowest BCUT2D eigenvalue weighted by Gasteiger charge is -2.19. The van der Waals surface area contributed by atoms with Gasteiger partial charge in [0.25, 0.3) is 0 Å². The average molecular weight is 323 g/mol. The Bertz CT molecular complexity index is 918. The monoisotopic (exact) mass is 323 g/mol. The molecule has 3 aromatic rings. The molecule has 0 saturated carbocycles. The van der Waals surface area contributed by atoms with Gasteiger partial charge in [-0.25, -0.2) is 9.37 Å². The molecule has 0 fully saturated rings. The lowest BCUT2D eigenvalue weighted by atomic mass is 10.1. The minimum Gasteiger partial charge on any atom is -0.347 e. The number of aromatic nitrogens is 2. The summed E-state index contributed by atoms with van der Waals surface area (Å²) in [6.45, 7) is 1.85. The fourth-order valence-electron chi connectivity index (χ4n) is 3.43. The third kappa shape index (κ3) is 2.46. The number of halogens is 1. The van der Waals surface area contributed by atoms with E-state index in [4.69, 9.17) is 0 Å². The van der Waals surface area contributed by atoms with Crippen molar-refractivity contribution in [3.05, 3.63) is 65.7 Å². The molecule has 24 heavy (non-hydrogen) atoms. The summed E-state index contributed by atoms with van der Waals surface area (Å²) in [6.07, 6.45) is 3.36. The molecule has 0 aliphatic heterocycles. The number of amides is 1. The summed E-state index contributed by atoms with van der Waals surface area (Å²) in [5.74, 6) is -0.344. The Kier molecular flexibility index (Phi) is 3.56. The highest BCUT2D eigenvalue weighted by Crippen LogP contribution is 2.32. The molecular formula is C19H18FN3O. The van der Waals surface area contributed by atoms with E-state index in [1.165, 1.54) is 12.1 Å². The second kappa shape index (κ2) is 5.74. The molecule has 1 amide bonds. The van der Waals surface area contributed by atoms with Crippen molar-refractivity contribution >= 4 is 16.9 Å². The van der Waals surface area contributed by atoms with Gasteiger partial charge in [0.05, 0.1) is 23.4 Å². The van der Waals surface area contributed by atoms with Crippen molar-refractivity contribution in [2.24, 2.45) is 0 Å². The fraction of sp³-hybridized carbons (Fsp3) is 0.263.